The highest BCUT2D eigenvalue weighted by atomic mass is 19.4. The maximum absolute atomic E-state index is 13.6. The average Bonchev–Trinajstić information content (AvgIpc) is 2.58. The molecule has 1 fully saturated rings. The van der Waals surface area contributed by atoms with Crippen LogP contribution in [0.3, 0.4) is 0 Å². The molecule has 9 heteroatoms. The van der Waals surface area contributed by atoms with Gasteiger partial charge in [0.15, 0.2) is 0 Å². The molecule has 1 aliphatic carbocycles. The molecule has 2 atom stereocenters. The van der Waals surface area contributed by atoms with E-state index in [-0.39, 0.29) is 35.7 Å². The molecule has 0 aromatic heterocycles. The van der Waals surface area contributed by atoms with Gasteiger partial charge in [-0.1, -0.05) is 6.07 Å². The van der Waals surface area contributed by atoms with E-state index in [9.17, 15) is 18.0 Å². The molecule has 1 aromatic carbocycles. The van der Waals surface area contributed by atoms with Crippen LogP contribution in [-0.4, -0.2) is 37.9 Å². The number of halogens is 3. The zero-order valence-corrected chi connectivity index (χ0v) is 14.5. The van der Waals surface area contributed by atoms with E-state index >= 15 is 0 Å². The van der Waals surface area contributed by atoms with Crippen LogP contribution in [0.25, 0.3) is 0 Å². The first-order valence-electron chi connectivity index (χ1n) is 8.33. The topological polar surface area (TPSA) is 88.7 Å². The van der Waals surface area contributed by atoms with Gasteiger partial charge in [-0.25, -0.2) is 5.43 Å². The third kappa shape index (κ3) is 5.43. The molecule has 0 heterocycles. The van der Waals surface area contributed by atoms with Crippen molar-refractivity contribution in [1.82, 2.24) is 5.43 Å². The van der Waals surface area contributed by atoms with E-state index in [1.54, 1.807) is 0 Å². The number of hydrazone groups is 1. The van der Waals surface area contributed by atoms with Crippen LogP contribution >= 0.6 is 0 Å². The molecular formula is C17H23F3N4O2. The predicted octanol–water partition coefficient (Wildman–Crippen LogP) is 2.48. The summed E-state index contributed by atoms with van der Waals surface area (Å²) in [6, 6.07) is 3.82. The normalized spacial score (nSPS) is 21.3. The quantitative estimate of drug-likeness (QED) is 0.390. The SMILES string of the molecule is COC/C(=N\NC=O)c1ccc(NC2CCCC(N)C2)c(C(F)(F)F)c1. The maximum Gasteiger partial charge on any atom is 0.418 e. The molecular weight excluding hydrogens is 349 g/mol. The minimum absolute atomic E-state index is 0.00437. The van der Waals surface area contributed by atoms with Gasteiger partial charge in [0.05, 0.1) is 17.9 Å². The summed E-state index contributed by atoms with van der Waals surface area (Å²) in [5.74, 6) is 0. The average molecular weight is 372 g/mol. The molecule has 2 unspecified atom stereocenters. The predicted molar refractivity (Wildman–Crippen MR) is 92.9 cm³/mol. The molecule has 26 heavy (non-hydrogen) atoms. The highest BCUT2D eigenvalue weighted by molar-refractivity contribution is 6.02. The Bertz CT molecular complexity index is 649. The van der Waals surface area contributed by atoms with Crippen molar-refractivity contribution in [1.29, 1.82) is 0 Å². The van der Waals surface area contributed by atoms with Crippen molar-refractivity contribution in [3.8, 4) is 0 Å². The lowest BCUT2D eigenvalue weighted by Crippen LogP contribution is -2.35. The van der Waals surface area contributed by atoms with Crippen molar-refractivity contribution in [2.75, 3.05) is 19.0 Å². The van der Waals surface area contributed by atoms with E-state index in [1.165, 1.54) is 19.2 Å². The molecule has 0 radical (unpaired) electrons. The van der Waals surface area contributed by atoms with Gasteiger partial charge in [-0.2, -0.15) is 18.3 Å². The van der Waals surface area contributed by atoms with Crippen LogP contribution in [0.5, 0.6) is 0 Å². The van der Waals surface area contributed by atoms with E-state index in [2.05, 4.69) is 15.8 Å². The van der Waals surface area contributed by atoms with E-state index in [1.807, 2.05) is 0 Å². The summed E-state index contributed by atoms with van der Waals surface area (Å²) in [5, 5.41) is 6.73. The highest BCUT2D eigenvalue weighted by Gasteiger charge is 2.35. The number of ether oxygens (including phenoxy) is 1. The lowest BCUT2D eigenvalue weighted by molar-refractivity contribution is -0.137. The van der Waals surface area contributed by atoms with Gasteiger partial charge in [0, 0.05) is 30.4 Å². The number of nitrogens with one attached hydrogen (secondary N) is 2. The van der Waals surface area contributed by atoms with E-state index in [0.717, 1.165) is 25.3 Å². The fraction of sp³-hybridized carbons (Fsp3) is 0.529. The van der Waals surface area contributed by atoms with Crippen LogP contribution in [0.15, 0.2) is 23.3 Å². The first-order valence-corrected chi connectivity index (χ1v) is 8.33. The molecule has 1 aromatic rings. The number of rotatable bonds is 7. The van der Waals surface area contributed by atoms with E-state index in [4.69, 9.17) is 10.5 Å². The number of anilines is 1. The molecule has 1 aliphatic rings. The lowest BCUT2D eigenvalue weighted by atomic mass is 9.91. The van der Waals surface area contributed by atoms with Crippen LogP contribution in [0.1, 0.15) is 36.8 Å². The van der Waals surface area contributed by atoms with Gasteiger partial charge in [0.25, 0.3) is 0 Å². The molecule has 144 valence electrons. The van der Waals surface area contributed by atoms with Gasteiger partial charge in [0.1, 0.15) is 0 Å². The fourth-order valence-electron chi connectivity index (χ4n) is 3.08. The zero-order valence-electron chi connectivity index (χ0n) is 14.5. The Kier molecular flexibility index (Phi) is 6.98. The Morgan fingerprint density at radius 2 is 2.19 bits per heavy atom. The second kappa shape index (κ2) is 9.00. The smallest absolute Gasteiger partial charge is 0.382 e. The molecule has 1 amide bonds. The van der Waals surface area contributed by atoms with E-state index in [0.29, 0.717) is 12.8 Å². The summed E-state index contributed by atoms with van der Waals surface area (Å²) in [7, 11) is 1.39. The second-order valence-corrected chi connectivity index (χ2v) is 6.26. The van der Waals surface area contributed by atoms with Crippen LogP contribution in [0.4, 0.5) is 18.9 Å². The number of hydrogen-bond acceptors (Lipinski definition) is 5. The summed E-state index contributed by atoms with van der Waals surface area (Å²) < 4.78 is 45.6. The molecule has 2 rings (SSSR count). The summed E-state index contributed by atoms with van der Waals surface area (Å²) in [4.78, 5) is 10.4. The largest absolute Gasteiger partial charge is 0.418 e. The number of amides is 1. The molecule has 6 nitrogen and oxygen atoms in total. The van der Waals surface area contributed by atoms with Gasteiger partial charge in [-0.05, 0) is 37.8 Å². The van der Waals surface area contributed by atoms with Gasteiger partial charge < -0.3 is 15.8 Å². The van der Waals surface area contributed by atoms with Crippen molar-refractivity contribution in [3.05, 3.63) is 29.3 Å². The van der Waals surface area contributed by atoms with Crippen LogP contribution in [0, 0.1) is 0 Å². The molecule has 0 aliphatic heterocycles. The Morgan fingerprint density at radius 1 is 1.42 bits per heavy atom. The maximum atomic E-state index is 13.6. The number of hydrogen-bond donors (Lipinski definition) is 3. The second-order valence-electron chi connectivity index (χ2n) is 6.26. The van der Waals surface area contributed by atoms with Gasteiger partial charge >= 0.3 is 6.18 Å². The number of alkyl halides is 3. The Morgan fingerprint density at radius 3 is 2.81 bits per heavy atom. The molecule has 4 N–H and O–H groups in total. The number of carbonyl (C=O) groups is 1. The number of benzene rings is 1. The van der Waals surface area contributed by atoms with Crippen molar-refractivity contribution >= 4 is 17.8 Å². The van der Waals surface area contributed by atoms with Crippen molar-refractivity contribution in [2.24, 2.45) is 10.8 Å². The number of nitrogens with two attached hydrogens (primary N) is 1. The first kappa shape index (κ1) is 20.2. The minimum Gasteiger partial charge on any atom is -0.382 e. The van der Waals surface area contributed by atoms with Gasteiger partial charge in [-0.3, -0.25) is 4.79 Å². The molecule has 0 bridgehead atoms. The van der Waals surface area contributed by atoms with Crippen molar-refractivity contribution in [3.63, 3.8) is 0 Å². The Labute approximate surface area is 150 Å². The third-order valence-electron chi connectivity index (χ3n) is 4.27. The number of methoxy groups -OCH3 is 1. The number of carbonyl (C=O) groups excluding carboxylic acids is 1. The van der Waals surface area contributed by atoms with Crippen LogP contribution in [-0.2, 0) is 15.7 Å². The minimum atomic E-state index is -4.54. The Balaban J connectivity index is 2.33. The Hall–Kier alpha value is -2.13. The van der Waals surface area contributed by atoms with Crippen molar-refractivity contribution in [2.45, 2.75) is 43.9 Å². The molecule has 1 saturated carbocycles. The third-order valence-corrected chi connectivity index (χ3v) is 4.27. The molecule has 0 spiro atoms. The fourth-order valence-corrected chi connectivity index (χ4v) is 3.08. The first-order chi connectivity index (χ1) is 12.3. The van der Waals surface area contributed by atoms with Crippen LogP contribution in [0.2, 0.25) is 0 Å². The lowest BCUT2D eigenvalue weighted by Gasteiger charge is -2.29. The van der Waals surface area contributed by atoms with Crippen LogP contribution < -0.4 is 16.5 Å². The van der Waals surface area contributed by atoms with Gasteiger partial charge in [0.2, 0.25) is 6.41 Å². The highest BCUT2D eigenvalue weighted by Crippen LogP contribution is 2.36. The molecule has 0 saturated heterocycles. The summed E-state index contributed by atoms with van der Waals surface area (Å²) in [5.41, 5.74) is 7.65. The van der Waals surface area contributed by atoms with Crippen molar-refractivity contribution < 1.29 is 22.7 Å². The summed E-state index contributed by atoms with van der Waals surface area (Å²) in [6.07, 6.45) is -0.997. The van der Waals surface area contributed by atoms with E-state index < -0.39 is 11.7 Å². The zero-order chi connectivity index (χ0) is 19.2. The summed E-state index contributed by atoms with van der Waals surface area (Å²) in [6.45, 7) is -0.0393. The number of nitrogens with zero attached hydrogens (tertiary/aromatic N) is 1. The summed E-state index contributed by atoms with van der Waals surface area (Å²) >= 11 is 0. The van der Waals surface area contributed by atoms with Gasteiger partial charge in [-0.15, -0.1) is 0 Å². The monoisotopic (exact) mass is 372 g/mol. The standard InChI is InChI=1S/C17H23F3N4O2/c1-26-9-16(24-22-10-25)11-5-6-15(14(7-11)17(18,19)20)23-13-4-2-3-12(21)8-13/h5-7,10,12-13,23H,2-4,8-9,21H2,1H3,(H,22,25)/b24-16+.